The molecule has 1 atom stereocenters. The van der Waals surface area contributed by atoms with Crippen LogP contribution in [0.15, 0.2) is 18.2 Å². The van der Waals surface area contributed by atoms with Crippen LogP contribution >= 0.6 is 0 Å². The highest BCUT2D eigenvalue weighted by Gasteiger charge is 2.16. The van der Waals surface area contributed by atoms with Crippen LogP contribution in [-0.4, -0.2) is 37.5 Å². The molecule has 0 heterocycles. The van der Waals surface area contributed by atoms with Gasteiger partial charge in [-0.25, -0.2) is 0 Å². The molecule has 1 aromatic carbocycles. The normalized spacial score (nSPS) is 12.8. The van der Waals surface area contributed by atoms with Gasteiger partial charge in [0, 0.05) is 23.8 Å². The van der Waals surface area contributed by atoms with Crippen LogP contribution in [0.25, 0.3) is 0 Å². The summed E-state index contributed by atoms with van der Waals surface area (Å²) in [6, 6.07) is 5.77. The third kappa shape index (κ3) is 4.85. The third-order valence-electron chi connectivity index (χ3n) is 3.48. The molecule has 0 saturated carbocycles. The smallest absolute Gasteiger partial charge is 0.251 e. The lowest BCUT2D eigenvalue weighted by atomic mass is 10.0. The first-order valence-electron chi connectivity index (χ1n) is 7.12. The van der Waals surface area contributed by atoms with E-state index >= 15 is 0 Å². The highest BCUT2D eigenvalue weighted by molar-refractivity contribution is 5.96. The number of amides is 1. The van der Waals surface area contributed by atoms with Crippen LogP contribution in [0.2, 0.25) is 0 Å². The van der Waals surface area contributed by atoms with E-state index in [1.54, 1.807) is 6.07 Å². The molecule has 0 radical (unpaired) electrons. The molecule has 0 aromatic heterocycles. The van der Waals surface area contributed by atoms with E-state index in [-0.39, 0.29) is 5.91 Å². The van der Waals surface area contributed by atoms with Gasteiger partial charge in [0.1, 0.15) is 0 Å². The average molecular weight is 277 g/mol. The Hall–Kier alpha value is -1.55. The lowest BCUT2D eigenvalue weighted by molar-refractivity contribution is 0.0938. The van der Waals surface area contributed by atoms with Crippen molar-refractivity contribution in [2.24, 2.45) is 5.92 Å². The first-order chi connectivity index (χ1) is 9.31. The highest BCUT2D eigenvalue weighted by atomic mass is 16.1. The number of carbonyl (C=O) groups is 1. The van der Waals surface area contributed by atoms with Crippen LogP contribution in [0.1, 0.15) is 36.2 Å². The molecule has 1 rings (SSSR count). The van der Waals surface area contributed by atoms with Gasteiger partial charge in [0.05, 0.1) is 0 Å². The Bertz CT molecular complexity index is 455. The minimum atomic E-state index is -0.0505. The van der Waals surface area contributed by atoms with Crippen molar-refractivity contribution < 1.29 is 4.79 Å². The van der Waals surface area contributed by atoms with Crippen molar-refractivity contribution in [3.8, 4) is 0 Å². The fourth-order valence-electron chi connectivity index (χ4n) is 2.21. The van der Waals surface area contributed by atoms with Crippen LogP contribution in [0.5, 0.6) is 0 Å². The zero-order valence-corrected chi connectivity index (χ0v) is 13.2. The molecule has 1 unspecified atom stereocenters. The number of hydrogen-bond donors (Lipinski definition) is 2. The van der Waals surface area contributed by atoms with Gasteiger partial charge in [-0.1, -0.05) is 19.9 Å². The Morgan fingerprint density at radius 3 is 2.55 bits per heavy atom. The predicted octanol–water partition coefficient (Wildman–Crippen LogP) is 2.28. The minimum Gasteiger partial charge on any atom is -0.399 e. The summed E-state index contributed by atoms with van der Waals surface area (Å²) in [7, 11) is 4.09. The summed E-state index contributed by atoms with van der Waals surface area (Å²) in [5.74, 6) is 0.554. The van der Waals surface area contributed by atoms with Crippen molar-refractivity contribution in [1.29, 1.82) is 0 Å². The fourth-order valence-corrected chi connectivity index (χ4v) is 2.21. The van der Waals surface area contributed by atoms with E-state index in [2.05, 4.69) is 24.1 Å². The van der Waals surface area contributed by atoms with E-state index in [0.717, 1.165) is 12.0 Å². The molecule has 4 nitrogen and oxygen atoms in total. The van der Waals surface area contributed by atoms with Gasteiger partial charge in [-0.2, -0.15) is 0 Å². The Morgan fingerprint density at radius 1 is 1.35 bits per heavy atom. The van der Waals surface area contributed by atoms with Gasteiger partial charge in [0.2, 0.25) is 0 Å². The zero-order chi connectivity index (χ0) is 15.3. The van der Waals surface area contributed by atoms with Crippen molar-refractivity contribution in [2.75, 3.05) is 26.4 Å². The average Bonchev–Trinajstić information content (AvgIpc) is 2.36. The number of nitrogens with two attached hydrogens (primary N) is 1. The van der Waals surface area contributed by atoms with E-state index in [0.29, 0.717) is 29.8 Å². The van der Waals surface area contributed by atoms with Gasteiger partial charge in [-0.3, -0.25) is 4.79 Å². The Balaban J connectivity index is 2.68. The van der Waals surface area contributed by atoms with E-state index in [1.807, 2.05) is 33.2 Å². The molecular formula is C16H27N3O. The largest absolute Gasteiger partial charge is 0.399 e. The Kier molecular flexibility index (Phi) is 6.02. The first kappa shape index (κ1) is 16.5. The topological polar surface area (TPSA) is 58.4 Å². The van der Waals surface area contributed by atoms with Gasteiger partial charge in [0.15, 0.2) is 0 Å². The molecule has 3 N–H and O–H groups in total. The fraction of sp³-hybridized carbons (Fsp3) is 0.562. The maximum atomic E-state index is 12.2. The van der Waals surface area contributed by atoms with Crippen LogP contribution in [0, 0.1) is 12.8 Å². The van der Waals surface area contributed by atoms with Crippen LogP contribution in [0.3, 0.4) is 0 Å². The van der Waals surface area contributed by atoms with E-state index in [9.17, 15) is 4.79 Å². The number of anilines is 1. The Labute approximate surface area is 122 Å². The molecule has 0 spiro atoms. The lowest BCUT2D eigenvalue weighted by Crippen LogP contribution is -2.41. The van der Waals surface area contributed by atoms with Crippen LogP contribution < -0.4 is 11.1 Å². The molecule has 4 heteroatoms. The van der Waals surface area contributed by atoms with E-state index in [1.165, 1.54) is 0 Å². The van der Waals surface area contributed by atoms with Gasteiger partial charge in [0.25, 0.3) is 5.91 Å². The summed E-state index contributed by atoms with van der Waals surface area (Å²) in [6.45, 7) is 6.96. The molecule has 0 bridgehead atoms. The highest BCUT2D eigenvalue weighted by Crippen LogP contribution is 2.13. The molecule has 0 saturated heterocycles. The molecule has 0 aliphatic rings. The minimum absolute atomic E-state index is 0.0505. The zero-order valence-electron chi connectivity index (χ0n) is 13.2. The molecular weight excluding hydrogens is 250 g/mol. The molecule has 0 aliphatic carbocycles. The summed E-state index contributed by atoms with van der Waals surface area (Å²) < 4.78 is 0. The standard InChI is InChI=1S/C16H27N3O/c1-11(2)8-14(19(4)5)10-18-16(20)15-9-13(17)7-6-12(15)3/h6-7,9,11,14H,8,10,17H2,1-5H3,(H,18,20). The second kappa shape index (κ2) is 7.29. The number of nitrogens with one attached hydrogen (secondary N) is 1. The third-order valence-corrected chi connectivity index (χ3v) is 3.48. The van der Waals surface area contributed by atoms with Gasteiger partial charge < -0.3 is 16.0 Å². The number of benzene rings is 1. The molecule has 1 amide bonds. The number of hydrogen-bond acceptors (Lipinski definition) is 3. The summed E-state index contributed by atoms with van der Waals surface area (Å²) in [4.78, 5) is 14.4. The summed E-state index contributed by atoms with van der Waals surface area (Å²) in [6.07, 6.45) is 1.06. The predicted molar refractivity (Wildman–Crippen MR) is 84.9 cm³/mol. The van der Waals surface area contributed by atoms with Gasteiger partial charge in [-0.05, 0) is 51.1 Å². The van der Waals surface area contributed by atoms with E-state index < -0.39 is 0 Å². The monoisotopic (exact) mass is 277 g/mol. The molecule has 1 aromatic rings. The van der Waals surface area contributed by atoms with Crippen LogP contribution in [-0.2, 0) is 0 Å². The molecule has 0 aliphatic heterocycles. The van der Waals surface area contributed by atoms with Crippen molar-refractivity contribution in [3.63, 3.8) is 0 Å². The second-order valence-electron chi connectivity index (χ2n) is 6.03. The SMILES string of the molecule is Cc1ccc(N)cc1C(=O)NCC(CC(C)C)N(C)C. The number of aryl methyl sites for hydroxylation is 1. The van der Waals surface area contributed by atoms with Crippen molar-refractivity contribution in [1.82, 2.24) is 10.2 Å². The molecule has 112 valence electrons. The van der Waals surface area contributed by atoms with Gasteiger partial charge >= 0.3 is 0 Å². The second-order valence-corrected chi connectivity index (χ2v) is 6.03. The molecule has 20 heavy (non-hydrogen) atoms. The lowest BCUT2D eigenvalue weighted by Gasteiger charge is -2.26. The number of nitrogen functional groups attached to an aromatic ring is 1. The summed E-state index contributed by atoms with van der Waals surface area (Å²) in [5.41, 5.74) is 7.97. The maximum Gasteiger partial charge on any atom is 0.251 e. The summed E-state index contributed by atoms with van der Waals surface area (Å²) >= 11 is 0. The summed E-state index contributed by atoms with van der Waals surface area (Å²) in [5, 5.41) is 3.02. The van der Waals surface area contributed by atoms with E-state index in [4.69, 9.17) is 5.73 Å². The van der Waals surface area contributed by atoms with Gasteiger partial charge in [-0.15, -0.1) is 0 Å². The molecule has 0 fully saturated rings. The maximum absolute atomic E-state index is 12.2. The Morgan fingerprint density at radius 2 is 2.00 bits per heavy atom. The van der Waals surface area contributed by atoms with Crippen molar-refractivity contribution in [3.05, 3.63) is 29.3 Å². The van der Waals surface area contributed by atoms with Crippen molar-refractivity contribution in [2.45, 2.75) is 33.2 Å². The number of carbonyl (C=O) groups excluding carboxylic acids is 1. The van der Waals surface area contributed by atoms with Crippen molar-refractivity contribution >= 4 is 11.6 Å². The number of likely N-dealkylation sites (N-methyl/N-ethyl adjacent to an activating group) is 1. The number of nitrogens with zero attached hydrogens (tertiary/aromatic N) is 1. The van der Waals surface area contributed by atoms with Crippen LogP contribution in [0.4, 0.5) is 5.69 Å². The number of rotatable bonds is 6. The first-order valence-corrected chi connectivity index (χ1v) is 7.12. The quantitative estimate of drug-likeness (QED) is 0.784.